The lowest BCUT2D eigenvalue weighted by molar-refractivity contribution is 0.288. The lowest BCUT2D eigenvalue weighted by atomic mass is 9.80. The topological polar surface area (TPSA) is 80.4 Å². The van der Waals surface area contributed by atoms with Crippen molar-refractivity contribution in [2.45, 2.75) is 6.61 Å². The molecule has 18 heavy (non-hydrogen) atoms. The first-order chi connectivity index (χ1) is 8.56. The highest BCUT2D eigenvalue weighted by atomic mass is 19.1. The molecule has 0 aliphatic rings. The lowest BCUT2D eigenvalue weighted by Gasteiger charge is -2.08. The van der Waals surface area contributed by atoms with Gasteiger partial charge >= 0.3 is 7.12 Å². The molecule has 0 aliphatic carbocycles. The summed E-state index contributed by atoms with van der Waals surface area (Å²) >= 11 is 0. The Morgan fingerprint density at radius 3 is 2.78 bits per heavy atom. The van der Waals surface area contributed by atoms with Crippen molar-refractivity contribution in [3.8, 4) is 5.75 Å². The zero-order valence-corrected chi connectivity index (χ0v) is 9.62. The second kappa shape index (κ2) is 5.15. The Hall–Kier alpha value is -1.93. The van der Waals surface area contributed by atoms with E-state index in [2.05, 4.69) is 10.1 Å². The molecule has 8 heteroatoms. The predicted molar refractivity (Wildman–Crippen MR) is 61.6 cm³/mol. The molecule has 0 bridgehead atoms. The summed E-state index contributed by atoms with van der Waals surface area (Å²) in [6.07, 6.45) is 1.38. The monoisotopic (exact) mass is 251 g/mol. The zero-order chi connectivity index (χ0) is 13.1. The fraction of sp³-hybridized carbons (Fsp3) is 0.200. The van der Waals surface area contributed by atoms with E-state index in [-0.39, 0.29) is 17.8 Å². The molecule has 0 saturated carbocycles. The molecule has 1 aromatic heterocycles. The number of halogens is 1. The number of aryl methyl sites for hydroxylation is 1. The molecule has 2 aromatic rings. The number of ether oxygens (including phenoxy) is 1. The Labute approximate surface area is 103 Å². The summed E-state index contributed by atoms with van der Waals surface area (Å²) < 4.78 is 20.0. The van der Waals surface area contributed by atoms with Crippen molar-refractivity contribution in [2.24, 2.45) is 7.05 Å². The quantitative estimate of drug-likeness (QED) is 0.696. The van der Waals surface area contributed by atoms with Gasteiger partial charge in [-0.15, -0.1) is 0 Å². The van der Waals surface area contributed by atoms with Crippen LogP contribution in [0.15, 0.2) is 24.5 Å². The molecule has 0 unspecified atom stereocenters. The Balaban J connectivity index is 2.12. The summed E-state index contributed by atoms with van der Waals surface area (Å²) in [5.74, 6) is 0.167. The number of hydrogen-bond acceptors (Lipinski definition) is 5. The van der Waals surface area contributed by atoms with Crippen molar-refractivity contribution >= 4 is 12.6 Å². The summed E-state index contributed by atoms with van der Waals surface area (Å²) in [7, 11) is -0.0296. The van der Waals surface area contributed by atoms with Crippen molar-refractivity contribution < 1.29 is 19.2 Å². The standard InChI is InChI=1S/C10H11BFN3O3/c1-15-10(13-6-14-15)5-18-9-3-7(11(16)17)2-8(12)4-9/h2-4,6,16-17H,5H2,1H3. The Morgan fingerprint density at radius 1 is 1.39 bits per heavy atom. The van der Waals surface area contributed by atoms with Gasteiger partial charge in [0.05, 0.1) is 0 Å². The Kier molecular flexibility index (Phi) is 3.59. The van der Waals surface area contributed by atoms with E-state index in [0.717, 1.165) is 12.1 Å². The third-order valence-electron chi connectivity index (χ3n) is 2.36. The van der Waals surface area contributed by atoms with Crippen molar-refractivity contribution in [3.63, 3.8) is 0 Å². The summed E-state index contributed by atoms with van der Waals surface area (Å²) in [4.78, 5) is 3.95. The molecule has 0 spiro atoms. The van der Waals surface area contributed by atoms with Gasteiger partial charge in [-0.05, 0) is 17.6 Å². The minimum absolute atomic E-state index is 0.0305. The molecule has 94 valence electrons. The van der Waals surface area contributed by atoms with Gasteiger partial charge in [0, 0.05) is 13.1 Å². The maximum Gasteiger partial charge on any atom is 0.488 e. The van der Waals surface area contributed by atoms with Gasteiger partial charge in [-0.3, -0.25) is 4.68 Å². The molecular formula is C10H11BFN3O3. The van der Waals surface area contributed by atoms with Gasteiger partial charge in [0.15, 0.2) is 5.82 Å². The molecule has 1 aromatic carbocycles. The van der Waals surface area contributed by atoms with Gasteiger partial charge in [0.25, 0.3) is 0 Å². The summed E-state index contributed by atoms with van der Waals surface area (Å²) in [5, 5.41) is 21.8. The molecule has 0 aliphatic heterocycles. The highest BCUT2D eigenvalue weighted by Gasteiger charge is 2.14. The largest absolute Gasteiger partial charge is 0.488 e. The van der Waals surface area contributed by atoms with Crippen LogP contribution in [0.4, 0.5) is 4.39 Å². The molecule has 1 heterocycles. The average molecular weight is 251 g/mol. The van der Waals surface area contributed by atoms with Gasteiger partial charge in [-0.2, -0.15) is 5.10 Å². The van der Waals surface area contributed by atoms with Crippen molar-refractivity contribution in [2.75, 3.05) is 0 Å². The zero-order valence-electron chi connectivity index (χ0n) is 9.62. The first-order valence-electron chi connectivity index (χ1n) is 5.18. The van der Waals surface area contributed by atoms with Crippen LogP contribution >= 0.6 is 0 Å². The summed E-state index contributed by atoms with van der Waals surface area (Å²) in [6.45, 7) is 0.112. The van der Waals surface area contributed by atoms with Gasteiger partial charge in [-0.25, -0.2) is 9.37 Å². The van der Waals surface area contributed by atoms with Gasteiger partial charge in [0.1, 0.15) is 24.5 Å². The van der Waals surface area contributed by atoms with E-state index in [1.807, 2.05) is 0 Å². The second-order valence-electron chi connectivity index (χ2n) is 3.68. The van der Waals surface area contributed by atoms with Crippen LogP contribution in [0.3, 0.4) is 0 Å². The van der Waals surface area contributed by atoms with Crippen LogP contribution in [0.2, 0.25) is 0 Å². The fourth-order valence-corrected chi connectivity index (χ4v) is 1.42. The molecule has 6 nitrogen and oxygen atoms in total. The SMILES string of the molecule is Cn1ncnc1COc1cc(F)cc(B(O)O)c1. The smallest absolute Gasteiger partial charge is 0.486 e. The third kappa shape index (κ3) is 2.85. The molecule has 2 N–H and O–H groups in total. The highest BCUT2D eigenvalue weighted by molar-refractivity contribution is 6.58. The van der Waals surface area contributed by atoms with Crippen LogP contribution in [-0.4, -0.2) is 31.9 Å². The number of nitrogens with zero attached hydrogens (tertiary/aromatic N) is 3. The van der Waals surface area contributed by atoms with Crippen LogP contribution in [-0.2, 0) is 13.7 Å². The fourth-order valence-electron chi connectivity index (χ4n) is 1.42. The minimum atomic E-state index is -1.74. The van der Waals surface area contributed by atoms with Crippen molar-refractivity contribution in [1.29, 1.82) is 0 Å². The van der Waals surface area contributed by atoms with Gasteiger partial charge < -0.3 is 14.8 Å². The maximum atomic E-state index is 13.2. The molecule has 0 amide bonds. The average Bonchev–Trinajstić information content (AvgIpc) is 2.71. The van der Waals surface area contributed by atoms with Crippen molar-refractivity contribution in [3.05, 3.63) is 36.2 Å². The van der Waals surface area contributed by atoms with Crippen LogP contribution in [0.5, 0.6) is 5.75 Å². The van der Waals surface area contributed by atoms with E-state index in [4.69, 9.17) is 14.8 Å². The number of hydrogen-bond donors (Lipinski definition) is 2. The van der Waals surface area contributed by atoms with Crippen LogP contribution in [0.1, 0.15) is 5.82 Å². The van der Waals surface area contributed by atoms with E-state index >= 15 is 0 Å². The normalized spacial score (nSPS) is 10.4. The minimum Gasteiger partial charge on any atom is -0.486 e. The molecule has 0 radical (unpaired) electrons. The van der Waals surface area contributed by atoms with Crippen LogP contribution in [0.25, 0.3) is 0 Å². The number of aromatic nitrogens is 3. The third-order valence-corrected chi connectivity index (χ3v) is 2.36. The number of benzene rings is 1. The molecule has 0 fully saturated rings. The lowest BCUT2D eigenvalue weighted by Crippen LogP contribution is -2.30. The first kappa shape index (κ1) is 12.5. The van der Waals surface area contributed by atoms with E-state index in [1.165, 1.54) is 17.1 Å². The van der Waals surface area contributed by atoms with Crippen LogP contribution < -0.4 is 10.2 Å². The van der Waals surface area contributed by atoms with E-state index in [9.17, 15) is 4.39 Å². The Bertz CT molecular complexity index is 547. The maximum absolute atomic E-state index is 13.2. The molecular weight excluding hydrogens is 240 g/mol. The van der Waals surface area contributed by atoms with E-state index < -0.39 is 12.9 Å². The predicted octanol–water partition coefficient (Wildman–Crippen LogP) is -0.787. The molecule has 0 saturated heterocycles. The van der Waals surface area contributed by atoms with Crippen LogP contribution in [0, 0.1) is 5.82 Å². The molecule has 2 rings (SSSR count). The molecule has 0 atom stereocenters. The van der Waals surface area contributed by atoms with Crippen molar-refractivity contribution in [1.82, 2.24) is 14.8 Å². The highest BCUT2D eigenvalue weighted by Crippen LogP contribution is 2.12. The number of rotatable bonds is 4. The summed E-state index contributed by atoms with van der Waals surface area (Å²) in [5.41, 5.74) is 0.0305. The Morgan fingerprint density at radius 2 is 2.17 bits per heavy atom. The second-order valence-corrected chi connectivity index (χ2v) is 3.68. The first-order valence-corrected chi connectivity index (χ1v) is 5.18. The van der Waals surface area contributed by atoms with E-state index in [0.29, 0.717) is 5.82 Å². The van der Waals surface area contributed by atoms with Gasteiger partial charge in [0.2, 0.25) is 0 Å². The van der Waals surface area contributed by atoms with E-state index in [1.54, 1.807) is 7.05 Å². The van der Waals surface area contributed by atoms with Gasteiger partial charge in [-0.1, -0.05) is 0 Å². The summed E-state index contributed by atoms with van der Waals surface area (Å²) in [6, 6.07) is 3.53.